The van der Waals surface area contributed by atoms with Gasteiger partial charge in [0.25, 0.3) is 10.0 Å². The fourth-order valence-electron chi connectivity index (χ4n) is 1.68. The zero-order valence-electron chi connectivity index (χ0n) is 10.9. The number of nitrogens with two attached hydrogens (primary N) is 1. The zero-order valence-corrected chi connectivity index (χ0v) is 14.1. The lowest BCUT2D eigenvalue weighted by molar-refractivity contribution is 0.403. The molecular formula is C13H12BrClN2O3S. The smallest absolute Gasteiger partial charge is 0.265 e. The van der Waals surface area contributed by atoms with Gasteiger partial charge in [-0.2, -0.15) is 0 Å². The van der Waals surface area contributed by atoms with Crippen LogP contribution in [-0.2, 0) is 10.0 Å². The van der Waals surface area contributed by atoms with Crippen molar-refractivity contribution in [3.05, 3.63) is 45.9 Å². The molecule has 0 bridgehead atoms. The van der Waals surface area contributed by atoms with E-state index in [9.17, 15) is 8.42 Å². The molecule has 0 amide bonds. The van der Waals surface area contributed by atoms with Crippen LogP contribution in [0.1, 0.15) is 0 Å². The third-order valence-electron chi connectivity index (χ3n) is 2.65. The molecule has 0 unspecified atom stereocenters. The van der Waals surface area contributed by atoms with E-state index in [1.165, 1.54) is 31.4 Å². The second-order valence-corrected chi connectivity index (χ2v) is 7.06. The summed E-state index contributed by atoms with van der Waals surface area (Å²) in [5.74, 6) is 0.172. The zero-order chi connectivity index (χ0) is 15.6. The average Bonchev–Trinajstić information content (AvgIpc) is 2.42. The van der Waals surface area contributed by atoms with Gasteiger partial charge in [0.1, 0.15) is 10.6 Å². The van der Waals surface area contributed by atoms with Gasteiger partial charge in [-0.3, -0.25) is 4.72 Å². The number of nitrogens with one attached hydrogen (secondary N) is 1. The number of benzene rings is 2. The predicted molar refractivity (Wildman–Crippen MR) is 87.4 cm³/mol. The number of ether oxygens (including phenoxy) is 1. The van der Waals surface area contributed by atoms with Crippen molar-refractivity contribution in [1.29, 1.82) is 0 Å². The van der Waals surface area contributed by atoms with Gasteiger partial charge in [0, 0.05) is 16.2 Å². The van der Waals surface area contributed by atoms with Gasteiger partial charge in [-0.25, -0.2) is 8.42 Å². The summed E-state index contributed by atoms with van der Waals surface area (Å²) in [4.78, 5) is -0.00163. The molecule has 0 aliphatic carbocycles. The van der Waals surface area contributed by atoms with Gasteiger partial charge in [0.05, 0.1) is 17.8 Å². The van der Waals surface area contributed by atoms with E-state index < -0.39 is 10.0 Å². The molecule has 3 N–H and O–H groups in total. The summed E-state index contributed by atoms with van der Waals surface area (Å²) in [6, 6.07) is 9.08. The first-order valence-electron chi connectivity index (χ1n) is 5.75. The highest BCUT2D eigenvalue weighted by atomic mass is 79.9. The molecule has 8 heteroatoms. The van der Waals surface area contributed by atoms with E-state index in [1.54, 1.807) is 12.1 Å². The van der Waals surface area contributed by atoms with Crippen molar-refractivity contribution in [3.63, 3.8) is 0 Å². The Bertz CT molecular complexity index is 781. The van der Waals surface area contributed by atoms with Crippen LogP contribution >= 0.6 is 27.5 Å². The summed E-state index contributed by atoms with van der Waals surface area (Å²) >= 11 is 9.19. The van der Waals surface area contributed by atoms with Crippen molar-refractivity contribution >= 4 is 48.9 Å². The van der Waals surface area contributed by atoms with E-state index in [2.05, 4.69) is 20.7 Å². The molecule has 0 spiro atoms. The Hall–Kier alpha value is -1.44. The maximum Gasteiger partial charge on any atom is 0.265 e. The molecule has 21 heavy (non-hydrogen) atoms. The van der Waals surface area contributed by atoms with E-state index in [0.29, 0.717) is 20.9 Å². The number of rotatable bonds is 4. The normalized spacial score (nSPS) is 11.2. The molecule has 0 saturated heterocycles. The van der Waals surface area contributed by atoms with Crippen LogP contribution in [0.15, 0.2) is 45.8 Å². The fraction of sp³-hybridized carbons (Fsp3) is 0.0769. The third kappa shape index (κ3) is 3.61. The summed E-state index contributed by atoms with van der Waals surface area (Å²) in [6.45, 7) is 0. The van der Waals surface area contributed by atoms with Crippen molar-refractivity contribution in [2.24, 2.45) is 0 Å². The summed E-state index contributed by atoms with van der Waals surface area (Å²) < 4.78 is 33.0. The Labute approximate surface area is 136 Å². The summed E-state index contributed by atoms with van der Waals surface area (Å²) in [6.07, 6.45) is 0. The number of hydrogen-bond donors (Lipinski definition) is 2. The number of sulfonamides is 1. The quantitative estimate of drug-likeness (QED) is 0.782. The van der Waals surface area contributed by atoms with Crippen LogP contribution in [0.2, 0.25) is 5.02 Å². The minimum atomic E-state index is -3.81. The van der Waals surface area contributed by atoms with Crippen LogP contribution in [0.3, 0.4) is 0 Å². The molecule has 0 aliphatic heterocycles. The summed E-state index contributed by atoms with van der Waals surface area (Å²) in [5, 5.41) is 0.402. The van der Waals surface area contributed by atoms with Crippen molar-refractivity contribution in [2.45, 2.75) is 4.90 Å². The molecule has 0 saturated carbocycles. The van der Waals surface area contributed by atoms with E-state index >= 15 is 0 Å². The largest absolute Gasteiger partial charge is 0.495 e. The first-order chi connectivity index (χ1) is 9.83. The second kappa shape index (κ2) is 6.13. The summed E-state index contributed by atoms with van der Waals surface area (Å²) in [5.41, 5.74) is 6.38. The lowest BCUT2D eigenvalue weighted by Gasteiger charge is -2.12. The molecule has 0 fully saturated rings. The number of hydrogen-bond acceptors (Lipinski definition) is 4. The van der Waals surface area contributed by atoms with Crippen molar-refractivity contribution in [1.82, 2.24) is 0 Å². The van der Waals surface area contributed by atoms with Crippen LogP contribution in [0.5, 0.6) is 5.75 Å². The van der Waals surface area contributed by atoms with Gasteiger partial charge in [0.2, 0.25) is 0 Å². The SMILES string of the molecule is COc1cc(N)ccc1S(=O)(=O)Nc1ccc(Br)c(Cl)c1. The van der Waals surface area contributed by atoms with Gasteiger partial charge in [-0.05, 0) is 46.3 Å². The summed E-state index contributed by atoms with van der Waals surface area (Å²) in [7, 11) is -2.43. The van der Waals surface area contributed by atoms with Crippen LogP contribution < -0.4 is 15.2 Å². The van der Waals surface area contributed by atoms with Crippen LogP contribution in [0.25, 0.3) is 0 Å². The Balaban J connectivity index is 2.40. The Kier molecular flexibility index (Phi) is 4.65. The minimum Gasteiger partial charge on any atom is -0.495 e. The monoisotopic (exact) mass is 390 g/mol. The molecule has 112 valence electrons. The first-order valence-corrected chi connectivity index (χ1v) is 8.40. The number of anilines is 2. The number of halogens is 2. The maximum absolute atomic E-state index is 12.4. The first kappa shape index (κ1) is 15.9. The molecular weight excluding hydrogens is 380 g/mol. The minimum absolute atomic E-state index is 0.00163. The molecule has 5 nitrogen and oxygen atoms in total. The van der Waals surface area contributed by atoms with Gasteiger partial charge < -0.3 is 10.5 Å². The molecule has 2 aromatic carbocycles. The number of methoxy groups -OCH3 is 1. The highest BCUT2D eigenvalue weighted by Gasteiger charge is 2.20. The third-order valence-corrected chi connectivity index (χ3v) is 5.30. The van der Waals surface area contributed by atoms with E-state index in [-0.39, 0.29) is 10.6 Å². The van der Waals surface area contributed by atoms with Gasteiger partial charge in [-0.1, -0.05) is 11.6 Å². The van der Waals surface area contributed by atoms with Crippen molar-refractivity contribution in [2.75, 3.05) is 17.6 Å². The van der Waals surface area contributed by atoms with Crippen LogP contribution in [0.4, 0.5) is 11.4 Å². The van der Waals surface area contributed by atoms with Gasteiger partial charge in [0.15, 0.2) is 0 Å². The molecule has 0 aliphatic rings. The van der Waals surface area contributed by atoms with Crippen molar-refractivity contribution in [3.8, 4) is 5.75 Å². The maximum atomic E-state index is 12.4. The van der Waals surface area contributed by atoms with Crippen molar-refractivity contribution < 1.29 is 13.2 Å². The van der Waals surface area contributed by atoms with E-state index in [4.69, 9.17) is 22.1 Å². The highest BCUT2D eigenvalue weighted by Crippen LogP contribution is 2.30. The lowest BCUT2D eigenvalue weighted by atomic mass is 10.3. The van der Waals surface area contributed by atoms with Gasteiger partial charge >= 0.3 is 0 Å². The van der Waals surface area contributed by atoms with E-state index in [1.807, 2.05) is 0 Å². The molecule has 2 aromatic rings. The molecule has 0 aromatic heterocycles. The molecule has 2 rings (SSSR count). The average molecular weight is 392 g/mol. The molecule has 0 heterocycles. The lowest BCUT2D eigenvalue weighted by Crippen LogP contribution is -2.14. The second-order valence-electron chi connectivity index (χ2n) is 4.14. The molecule has 0 atom stereocenters. The topological polar surface area (TPSA) is 81.4 Å². The Morgan fingerprint density at radius 2 is 1.95 bits per heavy atom. The standard InChI is InChI=1S/C13H12BrClN2O3S/c1-20-12-6-8(16)2-5-13(12)21(18,19)17-9-3-4-10(14)11(15)7-9/h2-7,17H,16H2,1H3. The van der Waals surface area contributed by atoms with E-state index in [0.717, 1.165) is 0 Å². The van der Waals surface area contributed by atoms with Crippen LogP contribution in [-0.4, -0.2) is 15.5 Å². The molecule has 0 radical (unpaired) electrons. The Morgan fingerprint density at radius 3 is 2.57 bits per heavy atom. The number of nitrogen functional groups attached to an aromatic ring is 1. The van der Waals surface area contributed by atoms with Gasteiger partial charge in [-0.15, -0.1) is 0 Å². The fourth-order valence-corrected chi connectivity index (χ4v) is 3.30. The Morgan fingerprint density at radius 1 is 1.24 bits per heavy atom. The highest BCUT2D eigenvalue weighted by molar-refractivity contribution is 9.10. The van der Waals surface area contributed by atoms with Crippen LogP contribution in [0, 0.1) is 0 Å². The predicted octanol–water partition coefficient (Wildman–Crippen LogP) is 3.49.